The Bertz CT molecular complexity index is 956. The zero-order chi connectivity index (χ0) is 21.4. The molecule has 0 heterocycles. The van der Waals surface area contributed by atoms with Gasteiger partial charge in [0, 0.05) is 6.54 Å². The number of hydrogen-bond donors (Lipinski definition) is 1. The highest BCUT2D eigenvalue weighted by Gasteiger charge is 2.25. The number of nitrogens with one attached hydrogen (secondary N) is 1. The molecule has 29 heavy (non-hydrogen) atoms. The number of hydrogen-bond acceptors (Lipinski definition) is 6. The van der Waals surface area contributed by atoms with Crippen molar-refractivity contribution in [3.05, 3.63) is 65.2 Å². The summed E-state index contributed by atoms with van der Waals surface area (Å²) in [5, 5.41) is 0. The van der Waals surface area contributed by atoms with Crippen molar-refractivity contribution in [2.45, 2.75) is 25.2 Å². The van der Waals surface area contributed by atoms with Gasteiger partial charge in [0.2, 0.25) is 10.0 Å². The lowest BCUT2D eigenvalue weighted by atomic mass is 10.00. The van der Waals surface area contributed by atoms with Crippen LogP contribution in [-0.2, 0) is 30.7 Å². The molecule has 1 unspecified atom stereocenters. The summed E-state index contributed by atoms with van der Waals surface area (Å²) < 4.78 is 37.9. The minimum absolute atomic E-state index is 0.0391. The van der Waals surface area contributed by atoms with Crippen molar-refractivity contribution in [2.75, 3.05) is 20.3 Å². The van der Waals surface area contributed by atoms with Gasteiger partial charge in [-0.3, -0.25) is 4.79 Å². The summed E-state index contributed by atoms with van der Waals surface area (Å²) in [6.07, 6.45) is 0.337. The molecule has 2 aromatic rings. The summed E-state index contributed by atoms with van der Waals surface area (Å²) in [5.74, 6) is -1.79. The van der Waals surface area contributed by atoms with Gasteiger partial charge in [-0.1, -0.05) is 36.4 Å². The topological polar surface area (TPSA) is 98.8 Å². The molecular weight excluding hydrogens is 394 g/mol. The predicted molar refractivity (Wildman–Crippen MR) is 108 cm³/mol. The number of ether oxygens (including phenoxy) is 2. The lowest BCUT2D eigenvalue weighted by molar-refractivity contribution is -0.147. The molecule has 0 spiro atoms. The molecule has 8 heteroatoms. The van der Waals surface area contributed by atoms with Gasteiger partial charge >= 0.3 is 11.9 Å². The minimum atomic E-state index is -3.96. The molecule has 0 fully saturated rings. The van der Waals surface area contributed by atoms with Crippen molar-refractivity contribution in [2.24, 2.45) is 5.92 Å². The molecule has 0 saturated carbocycles. The fraction of sp³-hybridized carbons (Fsp3) is 0.333. The number of esters is 2. The number of benzene rings is 2. The molecule has 2 rings (SSSR count). The third-order valence-electron chi connectivity index (χ3n) is 4.36. The van der Waals surface area contributed by atoms with E-state index in [1.165, 1.54) is 25.3 Å². The second-order valence-corrected chi connectivity index (χ2v) is 8.20. The summed E-state index contributed by atoms with van der Waals surface area (Å²) in [6.45, 7) is 3.40. The van der Waals surface area contributed by atoms with Gasteiger partial charge in [0.05, 0.1) is 30.1 Å². The minimum Gasteiger partial charge on any atom is -0.466 e. The first-order valence-electron chi connectivity index (χ1n) is 9.17. The number of carbonyl (C=O) groups is 2. The highest BCUT2D eigenvalue weighted by molar-refractivity contribution is 7.89. The van der Waals surface area contributed by atoms with Crippen molar-refractivity contribution in [3.63, 3.8) is 0 Å². The van der Waals surface area contributed by atoms with Gasteiger partial charge < -0.3 is 9.47 Å². The van der Waals surface area contributed by atoms with Crippen LogP contribution in [0.5, 0.6) is 0 Å². The Labute approximate surface area is 171 Å². The van der Waals surface area contributed by atoms with Gasteiger partial charge in [-0.25, -0.2) is 17.9 Å². The number of sulfonamides is 1. The highest BCUT2D eigenvalue weighted by atomic mass is 32.2. The van der Waals surface area contributed by atoms with Crippen LogP contribution in [0.3, 0.4) is 0 Å². The maximum atomic E-state index is 12.8. The second kappa shape index (κ2) is 10.2. The van der Waals surface area contributed by atoms with E-state index < -0.39 is 27.9 Å². The maximum Gasteiger partial charge on any atom is 0.337 e. The summed E-state index contributed by atoms with van der Waals surface area (Å²) in [7, 11) is -2.73. The van der Waals surface area contributed by atoms with Crippen LogP contribution in [0.4, 0.5) is 0 Å². The van der Waals surface area contributed by atoms with E-state index in [0.717, 1.165) is 5.56 Å². The van der Waals surface area contributed by atoms with E-state index in [1.807, 2.05) is 30.3 Å². The van der Waals surface area contributed by atoms with E-state index >= 15 is 0 Å². The molecule has 156 valence electrons. The standard InChI is InChI=1S/C21H25NO6S/c1-4-28-21(24)18(12-16-8-6-5-7-9-16)14-22-29(25,26)19-13-17(20(23)27-3)11-10-15(19)2/h5-11,13,18,22H,4,12,14H2,1-3H3. The molecule has 0 aliphatic rings. The Morgan fingerprint density at radius 1 is 1.10 bits per heavy atom. The van der Waals surface area contributed by atoms with Crippen LogP contribution < -0.4 is 4.72 Å². The molecule has 0 aromatic heterocycles. The van der Waals surface area contributed by atoms with Crippen LogP contribution in [0.1, 0.15) is 28.4 Å². The Hall–Kier alpha value is -2.71. The van der Waals surface area contributed by atoms with Gasteiger partial charge in [0.15, 0.2) is 0 Å². The third kappa shape index (κ3) is 6.13. The Kier molecular flexibility index (Phi) is 7.92. The molecule has 0 aliphatic heterocycles. The van der Waals surface area contributed by atoms with Crippen LogP contribution in [0, 0.1) is 12.8 Å². The summed E-state index contributed by atoms with van der Waals surface area (Å²) in [5.41, 5.74) is 1.50. The third-order valence-corrected chi connectivity index (χ3v) is 5.93. The van der Waals surface area contributed by atoms with Crippen LogP contribution in [-0.4, -0.2) is 40.6 Å². The highest BCUT2D eigenvalue weighted by Crippen LogP contribution is 2.19. The van der Waals surface area contributed by atoms with Crippen LogP contribution in [0.15, 0.2) is 53.4 Å². The number of aryl methyl sites for hydroxylation is 1. The SMILES string of the molecule is CCOC(=O)C(CNS(=O)(=O)c1cc(C(=O)OC)ccc1C)Cc1ccccc1. The molecule has 0 saturated heterocycles. The molecule has 0 aliphatic carbocycles. The fourth-order valence-corrected chi connectivity index (χ4v) is 4.17. The Morgan fingerprint density at radius 2 is 1.79 bits per heavy atom. The molecule has 1 atom stereocenters. The van der Waals surface area contributed by atoms with Crippen molar-refractivity contribution < 1.29 is 27.5 Å². The Morgan fingerprint density at radius 3 is 2.41 bits per heavy atom. The van der Waals surface area contributed by atoms with Crippen LogP contribution in [0.2, 0.25) is 0 Å². The van der Waals surface area contributed by atoms with E-state index in [4.69, 9.17) is 4.74 Å². The van der Waals surface area contributed by atoms with E-state index in [0.29, 0.717) is 12.0 Å². The molecule has 2 aromatic carbocycles. The van der Waals surface area contributed by atoms with Crippen molar-refractivity contribution in [1.29, 1.82) is 0 Å². The van der Waals surface area contributed by atoms with E-state index in [1.54, 1.807) is 13.8 Å². The Balaban J connectivity index is 2.22. The number of rotatable bonds is 9. The van der Waals surface area contributed by atoms with Crippen molar-refractivity contribution >= 4 is 22.0 Å². The first kappa shape index (κ1) is 22.6. The quantitative estimate of drug-likeness (QED) is 0.627. The molecule has 7 nitrogen and oxygen atoms in total. The summed E-state index contributed by atoms with van der Waals surface area (Å²) in [4.78, 5) is 24.0. The monoisotopic (exact) mass is 419 g/mol. The first-order chi connectivity index (χ1) is 13.8. The van der Waals surface area contributed by atoms with Gasteiger partial charge in [-0.2, -0.15) is 0 Å². The van der Waals surface area contributed by atoms with Gasteiger partial charge in [0.25, 0.3) is 0 Å². The maximum absolute atomic E-state index is 12.8. The zero-order valence-electron chi connectivity index (χ0n) is 16.7. The van der Waals surface area contributed by atoms with E-state index in [2.05, 4.69) is 9.46 Å². The fourth-order valence-electron chi connectivity index (χ4n) is 2.82. The molecule has 0 radical (unpaired) electrons. The van der Waals surface area contributed by atoms with Gasteiger partial charge in [-0.15, -0.1) is 0 Å². The lowest BCUT2D eigenvalue weighted by Crippen LogP contribution is -2.35. The summed E-state index contributed by atoms with van der Waals surface area (Å²) in [6, 6.07) is 13.6. The normalized spacial score (nSPS) is 12.2. The average molecular weight is 419 g/mol. The smallest absolute Gasteiger partial charge is 0.337 e. The predicted octanol–water partition coefficient (Wildman–Crippen LogP) is 2.48. The van der Waals surface area contributed by atoms with E-state index in [9.17, 15) is 18.0 Å². The average Bonchev–Trinajstić information content (AvgIpc) is 2.71. The summed E-state index contributed by atoms with van der Waals surface area (Å²) >= 11 is 0. The number of carbonyl (C=O) groups excluding carboxylic acids is 2. The first-order valence-corrected chi connectivity index (χ1v) is 10.7. The largest absolute Gasteiger partial charge is 0.466 e. The van der Waals surface area contributed by atoms with Crippen molar-refractivity contribution in [1.82, 2.24) is 4.72 Å². The number of methoxy groups -OCH3 is 1. The van der Waals surface area contributed by atoms with Gasteiger partial charge in [-0.05, 0) is 43.5 Å². The second-order valence-electron chi connectivity index (χ2n) is 6.46. The van der Waals surface area contributed by atoms with Crippen LogP contribution in [0.25, 0.3) is 0 Å². The van der Waals surface area contributed by atoms with Gasteiger partial charge in [0.1, 0.15) is 0 Å². The molecule has 0 bridgehead atoms. The van der Waals surface area contributed by atoms with Crippen molar-refractivity contribution in [3.8, 4) is 0 Å². The zero-order valence-corrected chi connectivity index (χ0v) is 17.5. The molecule has 0 amide bonds. The molecular formula is C21H25NO6S. The lowest BCUT2D eigenvalue weighted by Gasteiger charge is -2.17. The molecule has 1 N–H and O–H groups in total. The van der Waals surface area contributed by atoms with Crippen LogP contribution >= 0.6 is 0 Å². The van der Waals surface area contributed by atoms with E-state index in [-0.39, 0.29) is 23.6 Å².